The predicted octanol–water partition coefficient (Wildman–Crippen LogP) is 3.51. The maximum atomic E-state index is 15.0. The molecule has 5 heterocycles. The Bertz CT molecular complexity index is 2620. The number of carbonyl (C=O) groups is 7. The minimum absolute atomic E-state index is 0.00264. The van der Waals surface area contributed by atoms with E-state index in [2.05, 4.69) is 20.6 Å². The molecule has 6 amide bonds. The Morgan fingerprint density at radius 2 is 1.69 bits per heavy atom. The highest BCUT2D eigenvalue weighted by molar-refractivity contribution is 7.98. The first-order valence-electron chi connectivity index (χ1n) is 25.5. The summed E-state index contributed by atoms with van der Waals surface area (Å²) in [5.41, 5.74) is 0.550. The highest BCUT2D eigenvalue weighted by Gasteiger charge is 2.48. The number of hydrogen-bond acceptors (Lipinski definition) is 16. The topological polar surface area (TPSA) is 300 Å². The molecule has 8 atom stereocenters. The smallest absolute Gasteiger partial charge is 0.410 e. The number of ether oxygens (including phenoxy) is 4. The Labute approximate surface area is 446 Å². The number of aromatic nitrogens is 2. The fourth-order valence-corrected chi connectivity index (χ4v) is 10.1. The Hall–Kier alpha value is -6.51. The van der Waals surface area contributed by atoms with E-state index < -0.39 is 66.4 Å². The van der Waals surface area contributed by atoms with Crippen molar-refractivity contribution < 1.29 is 81.7 Å². The van der Waals surface area contributed by atoms with E-state index in [0.29, 0.717) is 62.5 Å². The zero-order chi connectivity index (χ0) is 55.3. The monoisotopic (exact) mass is 1100 g/mol. The summed E-state index contributed by atoms with van der Waals surface area (Å²) in [5.74, 6) is -4.36. The molecule has 0 radical (unpaired) electrons. The van der Waals surface area contributed by atoms with Gasteiger partial charge in [0, 0.05) is 88.7 Å². The molecule has 25 heteroatoms. The number of aliphatic hydroxyl groups is 3. The summed E-state index contributed by atoms with van der Waals surface area (Å²) in [6, 6.07) is 6.77. The fourth-order valence-electron chi connectivity index (χ4n) is 9.74. The molecule has 0 bridgehead atoms. The number of unbranched alkanes of at least 4 members (excludes halogenated alkanes) is 2. The third-order valence-electron chi connectivity index (χ3n) is 14.0. The number of carboxylic acids is 1. The van der Waals surface area contributed by atoms with Gasteiger partial charge in [0.05, 0.1) is 23.6 Å². The average Bonchev–Trinajstić information content (AvgIpc) is 4.14. The van der Waals surface area contributed by atoms with Crippen LogP contribution in [-0.2, 0) is 49.6 Å². The number of aliphatic carboxylic acids is 1. The minimum Gasteiger partial charge on any atom is -0.479 e. The summed E-state index contributed by atoms with van der Waals surface area (Å²) in [6.45, 7) is 3.48. The maximum absolute atomic E-state index is 15.0. The second-order valence-corrected chi connectivity index (χ2v) is 20.5. The molecule has 7 N–H and O–H groups in total. The van der Waals surface area contributed by atoms with Crippen LogP contribution in [0.25, 0.3) is 11.3 Å². The van der Waals surface area contributed by atoms with E-state index in [9.17, 15) is 62.8 Å². The van der Waals surface area contributed by atoms with E-state index in [1.165, 1.54) is 53.2 Å². The molecule has 8 unspecified atom stereocenters. The SMILES string of the molecule is CSCCC(=O)N(CC1CN(C(=O)OCc2ccc(OC3OC(C(=O)O)C(O)C(O)C3O)c(NC(=O)CCNC(=O)CCCCCN3C(=O)C=CC3=O)c2)CC1C)C(c1ncc(-c2cc(F)ccc2F)[nH]1)C1CCOCC1. The zero-order valence-corrected chi connectivity index (χ0v) is 43.5. The van der Waals surface area contributed by atoms with Crippen molar-refractivity contribution in [2.24, 2.45) is 17.8 Å². The number of benzene rings is 2. The Morgan fingerprint density at radius 3 is 2.42 bits per heavy atom. The summed E-state index contributed by atoms with van der Waals surface area (Å²) < 4.78 is 51.8. The normalized spacial score (nSPS) is 23.0. The molecule has 4 aliphatic rings. The summed E-state index contributed by atoms with van der Waals surface area (Å²) >= 11 is 1.52. The van der Waals surface area contributed by atoms with E-state index >= 15 is 0 Å². The second-order valence-electron chi connectivity index (χ2n) is 19.5. The van der Waals surface area contributed by atoms with Gasteiger partial charge in [-0.1, -0.05) is 19.4 Å². The first kappa shape index (κ1) is 58.2. The number of nitrogens with one attached hydrogen (secondary N) is 3. The summed E-state index contributed by atoms with van der Waals surface area (Å²) in [7, 11) is 0. The number of aliphatic hydroxyl groups excluding tert-OH is 3. The molecule has 3 aromatic rings. The molecule has 4 aliphatic heterocycles. The Kier molecular flexibility index (Phi) is 20.5. The molecule has 418 valence electrons. The van der Waals surface area contributed by atoms with E-state index in [0.717, 1.165) is 23.1 Å². The predicted molar refractivity (Wildman–Crippen MR) is 271 cm³/mol. The number of thioether (sulfide) groups is 1. The Balaban J connectivity index is 1.00. The van der Waals surface area contributed by atoms with E-state index in [4.69, 9.17) is 18.9 Å². The number of aromatic amines is 1. The quantitative estimate of drug-likeness (QED) is 0.0499. The van der Waals surface area contributed by atoms with Crippen LogP contribution in [-0.4, -0.2) is 175 Å². The van der Waals surface area contributed by atoms with Gasteiger partial charge >= 0.3 is 12.1 Å². The van der Waals surface area contributed by atoms with Crippen LogP contribution in [0.2, 0.25) is 0 Å². The van der Waals surface area contributed by atoms with Crippen LogP contribution in [0.1, 0.15) is 75.7 Å². The number of imidazole rings is 1. The number of anilines is 1. The first-order valence-corrected chi connectivity index (χ1v) is 26.9. The third-order valence-corrected chi connectivity index (χ3v) is 14.6. The van der Waals surface area contributed by atoms with Crippen molar-refractivity contribution in [3.8, 4) is 17.0 Å². The van der Waals surface area contributed by atoms with Gasteiger partial charge in [-0.05, 0) is 85.6 Å². The lowest BCUT2D eigenvalue weighted by molar-refractivity contribution is -0.271. The largest absolute Gasteiger partial charge is 0.479 e. The van der Waals surface area contributed by atoms with Crippen LogP contribution in [0, 0.1) is 29.4 Å². The highest BCUT2D eigenvalue weighted by Crippen LogP contribution is 2.38. The summed E-state index contributed by atoms with van der Waals surface area (Å²) in [5, 5.41) is 46.2. The molecular weight excluding hydrogens is 1030 g/mol. The van der Waals surface area contributed by atoms with Gasteiger partial charge < -0.3 is 64.8 Å². The van der Waals surface area contributed by atoms with E-state index in [1.54, 1.807) is 4.90 Å². The number of amides is 6. The number of carbonyl (C=O) groups excluding carboxylic acids is 6. The van der Waals surface area contributed by atoms with Crippen LogP contribution in [0.4, 0.5) is 19.3 Å². The number of imide groups is 1. The van der Waals surface area contributed by atoms with Gasteiger partial charge in [0.1, 0.15) is 48.1 Å². The van der Waals surface area contributed by atoms with Crippen LogP contribution >= 0.6 is 11.8 Å². The van der Waals surface area contributed by atoms with Crippen molar-refractivity contribution >= 4 is 59.0 Å². The van der Waals surface area contributed by atoms with Crippen LogP contribution < -0.4 is 15.4 Å². The van der Waals surface area contributed by atoms with Crippen LogP contribution in [0.3, 0.4) is 0 Å². The lowest BCUT2D eigenvalue weighted by atomic mass is 9.88. The minimum atomic E-state index is -2.00. The lowest BCUT2D eigenvalue weighted by Gasteiger charge is -2.39. The standard InChI is InChI=1S/C52H65F2N7O15S/c1-29-25-59(26-32(29)27-61(43(66)16-21-77-2)44(31-14-19-73-20-15-31)49-56-24-37(58-49)34-23-33(53)8-9-35(34)54)52(72)74-28-30-7-10-38(75-51-47(69)45(67)46(68)48(76-51)50(70)71)36(22-30)57-40(63)13-17-55-39(62)6-4-3-5-18-60-41(64)11-12-42(60)65/h7-12,22-24,29,31-32,44-48,51,67-69H,3-6,13-21,25-28H2,1-2H3,(H,55,62)(H,56,58)(H,57,63)(H,70,71). The zero-order valence-electron chi connectivity index (χ0n) is 42.6. The van der Waals surface area contributed by atoms with Gasteiger partial charge in [-0.25, -0.2) is 23.4 Å². The molecule has 0 aliphatic carbocycles. The van der Waals surface area contributed by atoms with Crippen molar-refractivity contribution in [3.05, 3.63) is 77.8 Å². The third kappa shape index (κ3) is 15.2. The van der Waals surface area contributed by atoms with Gasteiger partial charge in [0.15, 0.2) is 6.10 Å². The van der Waals surface area contributed by atoms with Gasteiger partial charge in [-0.3, -0.25) is 28.9 Å². The van der Waals surface area contributed by atoms with E-state index in [1.807, 2.05) is 13.2 Å². The van der Waals surface area contributed by atoms with E-state index in [-0.39, 0.29) is 123 Å². The highest BCUT2D eigenvalue weighted by atomic mass is 32.2. The van der Waals surface area contributed by atoms with Crippen LogP contribution in [0.5, 0.6) is 5.75 Å². The Morgan fingerprint density at radius 1 is 0.935 bits per heavy atom. The molecule has 0 saturated carbocycles. The molecular formula is C52H65F2N7O15S. The number of carboxylic acid groups (broad SMARTS) is 1. The van der Waals surface area contributed by atoms with Crippen molar-refractivity contribution in [1.29, 1.82) is 0 Å². The number of halogens is 2. The first-order chi connectivity index (χ1) is 36.9. The van der Waals surface area contributed by atoms with Crippen LogP contribution in [0.15, 0.2) is 54.7 Å². The average molecular weight is 1100 g/mol. The molecule has 3 saturated heterocycles. The van der Waals surface area contributed by atoms with Gasteiger partial charge in [0.25, 0.3) is 11.8 Å². The summed E-state index contributed by atoms with van der Waals surface area (Å²) in [6.07, 6.45) is -1.77. The van der Waals surface area contributed by atoms with Gasteiger partial charge in [-0.2, -0.15) is 11.8 Å². The molecule has 0 spiro atoms. The lowest BCUT2D eigenvalue weighted by Crippen LogP contribution is -2.61. The molecule has 7 rings (SSSR count). The molecule has 1 aromatic heterocycles. The van der Waals surface area contributed by atoms with Gasteiger partial charge in [-0.15, -0.1) is 0 Å². The van der Waals surface area contributed by atoms with Crippen molar-refractivity contribution in [1.82, 2.24) is 30.0 Å². The number of hydrogen-bond donors (Lipinski definition) is 7. The van der Waals surface area contributed by atoms with Crippen molar-refractivity contribution in [2.75, 3.05) is 63.3 Å². The molecule has 3 fully saturated rings. The molecule has 77 heavy (non-hydrogen) atoms. The maximum Gasteiger partial charge on any atom is 0.410 e. The second kappa shape index (κ2) is 27.2. The number of rotatable bonds is 24. The molecule has 22 nitrogen and oxygen atoms in total. The van der Waals surface area contributed by atoms with Crippen molar-refractivity contribution in [2.45, 2.75) is 102 Å². The number of likely N-dealkylation sites (tertiary alicyclic amines) is 1. The summed E-state index contributed by atoms with van der Waals surface area (Å²) in [4.78, 5) is 102. The number of H-pyrrole nitrogens is 1. The fraction of sp³-hybridized carbons (Fsp3) is 0.538. The van der Waals surface area contributed by atoms with Crippen molar-refractivity contribution in [3.63, 3.8) is 0 Å². The molecule has 2 aromatic carbocycles. The van der Waals surface area contributed by atoms with Gasteiger partial charge in [0.2, 0.25) is 24.0 Å². The number of nitrogens with zero attached hydrogens (tertiary/aromatic N) is 4.